The van der Waals surface area contributed by atoms with E-state index in [1.165, 1.54) is 0 Å². The Morgan fingerprint density at radius 2 is 1.83 bits per heavy atom. The molecule has 1 aromatic heterocycles. The molecule has 2 amide bonds. The van der Waals surface area contributed by atoms with Crippen molar-refractivity contribution >= 4 is 17.5 Å². The molecule has 35 heavy (non-hydrogen) atoms. The normalized spacial score (nSPS) is 17.2. The Morgan fingerprint density at radius 1 is 1.11 bits per heavy atom. The van der Waals surface area contributed by atoms with E-state index in [2.05, 4.69) is 31.1 Å². The number of nitrogens with zero attached hydrogens (tertiary/aromatic N) is 2. The Morgan fingerprint density at radius 3 is 2.46 bits per heavy atom. The maximum Gasteiger partial charge on any atom is 0.255 e. The zero-order valence-electron chi connectivity index (χ0n) is 20.3. The first-order valence-corrected chi connectivity index (χ1v) is 11.7. The molecule has 0 bridgehead atoms. The average molecular weight is 474 g/mol. The average Bonchev–Trinajstić information content (AvgIpc) is 2.85. The standard InChI is InChI=1S/C28H31N3O4/c1-28(2,3)21-11-7-20(8-12-21)27(34)30-22-13-9-19(10-14-22)26(33)24-17-35-18-25(32)31(24)16-23-6-4-5-15-29-23/h4-15,24,26,33H,16-18H2,1-3H3,(H,30,34)/t24-,26-/m1/s1. The van der Waals surface area contributed by atoms with Gasteiger partial charge in [-0.25, -0.2) is 0 Å². The van der Waals surface area contributed by atoms with E-state index in [4.69, 9.17) is 4.74 Å². The predicted octanol–water partition coefficient (Wildman–Crippen LogP) is 4.09. The number of hydrogen-bond acceptors (Lipinski definition) is 5. The third kappa shape index (κ3) is 5.93. The van der Waals surface area contributed by atoms with Crippen molar-refractivity contribution < 1.29 is 19.4 Å². The van der Waals surface area contributed by atoms with E-state index in [9.17, 15) is 14.7 Å². The van der Waals surface area contributed by atoms with Crippen LogP contribution < -0.4 is 5.32 Å². The number of carbonyl (C=O) groups excluding carboxylic acids is 2. The van der Waals surface area contributed by atoms with Gasteiger partial charge in [-0.05, 0) is 52.9 Å². The largest absolute Gasteiger partial charge is 0.386 e. The van der Waals surface area contributed by atoms with Crippen LogP contribution in [0.1, 0.15) is 54.1 Å². The molecule has 2 heterocycles. The molecule has 1 aliphatic rings. The predicted molar refractivity (Wildman–Crippen MR) is 134 cm³/mol. The Kier molecular flexibility index (Phi) is 7.28. The molecule has 2 N–H and O–H groups in total. The summed E-state index contributed by atoms with van der Waals surface area (Å²) < 4.78 is 5.43. The van der Waals surface area contributed by atoms with Crippen LogP contribution in [-0.2, 0) is 21.5 Å². The molecule has 182 valence electrons. The number of rotatable bonds is 6. The van der Waals surface area contributed by atoms with Gasteiger partial charge in [-0.1, -0.05) is 51.1 Å². The highest BCUT2D eigenvalue weighted by molar-refractivity contribution is 6.04. The van der Waals surface area contributed by atoms with Crippen LogP contribution in [0.5, 0.6) is 0 Å². The van der Waals surface area contributed by atoms with Gasteiger partial charge >= 0.3 is 0 Å². The van der Waals surface area contributed by atoms with Crippen molar-refractivity contribution in [3.8, 4) is 0 Å². The number of anilines is 1. The molecule has 3 aromatic rings. The molecule has 0 unspecified atom stereocenters. The molecule has 0 radical (unpaired) electrons. The van der Waals surface area contributed by atoms with Crippen molar-refractivity contribution in [2.45, 2.75) is 44.9 Å². The monoisotopic (exact) mass is 473 g/mol. The molecule has 0 spiro atoms. The summed E-state index contributed by atoms with van der Waals surface area (Å²) in [6, 6.07) is 19.6. The summed E-state index contributed by atoms with van der Waals surface area (Å²) in [5, 5.41) is 14.0. The molecule has 7 heteroatoms. The number of benzene rings is 2. The van der Waals surface area contributed by atoms with Gasteiger partial charge in [0.15, 0.2) is 0 Å². The Balaban J connectivity index is 1.43. The first-order chi connectivity index (χ1) is 16.7. The van der Waals surface area contributed by atoms with Gasteiger partial charge in [0.2, 0.25) is 5.91 Å². The smallest absolute Gasteiger partial charge is 0.255 e. The summed E-state index contributed by atoms with van der Waals surface area (Å²) in [6.45, 7) is 6.90. The molecule has 2 atom stereocenters. The van der Waals surface area contributed by atoms with Crippen molar-refractivity contribution in [2.75, 3.05) is 18.5 Å². The van der Waals surface area contributed by atoms with Crippen LogP contribution in [0.2, 0.25) is 0 Å². The van der Waals surface area contributed by atoms with Gasteiger partial charge in [-0.15, -0.1) is 0 Å². The minimum Gasteiger partial charge on any atom is -0.386 e. The number of aromatic nitrogens is 1. The second-order valence-corrected chi connectivity index (χ2v) is 9.77. The fourth-order valence-corrected chi connectivity index (χ4v) is 4.07. The van der Waals surface area contributed by atoms with Gasteiger partial charge in [0.05, 0.1) is 24.9 Å². The highest BCUT2D eigenvalue weighted by Crippen LogP contribution is 2.27. The highest BCUT2D eigenvalue weighted by atomic mass is 16.5. The third-order valence-electron chi connectivity index (χ3n) is 6.18. The number of morpholine rings is 1. The first-order valence-electron chi connectivity index (χ1n) is 11.7. The lowest BCUT2D eigenvalue weighted by Crippen LogP contribution is -2.51. The van der Waals surface area contributed by atoms with E-state index in [1.54, 1.807) is 35.4 Å². The topological polar surface area (TPSA) is 91.8 Å². The van der Waals surface area contributed by atoms with E-state index in [-0.39, 0.29) is 30.4 Å². The van der Waals surface area contributed by atoms with E-state index in [0.717, 1.165) is 11.3 Å². The third-order valence-corrected chi connectivity index (χ3v) is 6.18. The summed E-state index contributed by atoms with van der Waals surface area (Å²) in [4.78, 5) is 31.1. The van der Waals surface area contributed by atoms with Crippen LogP contribution in [0.3, 0.4) is 0 Å². The maximum atomic E-state index is 12.7. The number of hydrogen-bond donors (Lipinski definition) is 2. The number of pyridine rings is 1. The lowest BCUT2D eigenvalue weighted by Gasteiger charge is -2.38. The number of amides is 2. The van der Waals surface area contributed by atoms with E-state index >= 15 is 0 Å². The lowest BCUT2D eigenvalue weighted by atomic mass is 9.87. The lowest BCUT2D eigenvalue weighted by molar-refractivity contribution is -0.155. The molecule has 1 saturated heterocycles. The van der Waals surface area contributed by atoms with Crippen LogP contribution >= 0.6 is 0 Å². The molecule has 0 aliphatic carbocycles. The Hall–Kier alpha value is -3.55. The quantitative estimate of drug-likeness (QED) is 0.563. The van der Waals surface area contributed by atoms with E-state index in [0.29, 0.717) is 23.4 Å². The zero-order valence-corrected chi connectivity index (χ0v) is 20.3. The second-order valence-electron chi connectivity index (χ2n) is 9.77. The van der Waals surface area contributed by atoms with Crippen LogP contribution in [-0.4, -0.2) is 46.1 Å². The van der Waals surface area contributed by atoms with Gasteiger partial charge in [0, 0.05) is 17.4 Å². The molecule has 0 saturated carbocycles. The van der Waals surface area contributed by atoms with Crippen LogP contribution in [0, 0.1) is 0 Å². The Bertz CT molecular complexity index is 1160. The van der Waals surface area contributed by atoms with Crippen LogP contribution in [0.4, 0.5) is 5.69 Å². The molecule has 7 nitrogen and oxygen atoms in total. The molecular weight excluding hydrogens is 442 g/mol. The maximum absolute atomic E-state index is 12.7. The minimum atomic E-state index is -0.947. The van der Waals surface area contributed by atoms with Crippen molar-refractivity contribution in [1.82, 2.24) is 9.88 Å². The SMILES string of the molecule is CC(C)(C)c1ccc(C(=O)Nc2ccc([C@@H](O)[C@H]3COCC(=O)N3Cc3ccccn3)cc2)cc1. The van der Waals surface area contributed by atoms with Gasteiger partial charge in [-0.3, -0.25) is 14.6 Å². The van der Waals surface area contributed by atoms with Crippen LogP contribution in [0.15, 0.2) is 72.9 Å². The summed E-state index contributed by atoms with van der Waals surface area (Å²) in [6.07, 6.45) is 0.732. The fraction of sp³-hybridized carbons (Fsp3) is 0.321. The highest BCUT2D eigenvalue weighted by Gasteiger charge is 2.35. The first kappa shape index (κ1) is 24.6. The Labute approximate surface area is 205 Å². The summed E-state index contributed by atoms with van der Waals surface area (Å²) in [5.41, 5.74) is 3.75. The van der Waals surface area contributed by atoms with E-state index in [1.807, 2.05) is 42.5 Å². The van der Waals surface area contributed by atoms with Gasteiger partial charge in [0.25, 0.3) is 5.91 Å². The number of nitrogens with one attached hydrogen (secondary N) is 1. The molecule has 4 rings (SSSR count). The molecular formula is C28H31N3O4. The van der Waals surface area contributed by atoms with Gasteiger partial charge in [-0.2, -0.15) is 0 Å². The number of aliphatic hydroxyl groups excluding tert-OH is 1. The summed E-state index contributed by atoms with van der Waals surface area (Å²) in [7, 11) is 0. The zero-order chi connectivity index (χ0) is 25.0. The van der Waals surface area contributed by atoms with E-state index < -0.39 is 12.1 Å². The fourth-order valence-electron chi connectivity index (χ4n) is 4.07. The summed E-state index contributed by atoms with van der Waals surface area (Å²) >= 11 is 0. The number of carbonyl (C=O) groups is 2. The molecule has 1 aliphatic heterocycles. The van der Waals surface area contributed by atoms with Gasteiger partial charge < -0.3 is 20.1 Å². The minimum absolute atomic E-state index is 0.0161. The second kappa shape index (κ2) is 10.4. The van der Waals surface area contributed by atoms with Crippen molar-refractivity contribution in [1.29, 1.82) is 0 Å². The molecule has 1 fully saturated rings. The van der Waals surface area contributed by atoms with Crippen molar-refractivity contribution in [3.05, 3.63) is 95.3 Å². The molecule has 2 aromatic carbocycles. The van der Waals surface area contributed by atoms with Gasteiger partial charge in [0.1, 0.15) is 12.7 Å². The summed E-state index contributed by atoms with van der Waals surface area (Å²) in [5.74, 6) is -0.390. The number of aliphatic hydroxyl groups is 1. The number of ether oxygens (including phenoxy) is 1. The van der Waals surface area contributed by atoms with Crippen LogP contribution in [0.25, 0.3) is 0 Å². The van der Waals surface area contributed by atoms with Crippen molar-refractivity contribution in [2.24, 2.45) is 0 Å². The van der Waals surface area contributed by atoms with Crippen molar-refractivity contribution in [3.63, 3.8) is 0 Å².